The first kappa shape index (κ1) is 20.0. The van der Waals surface area contributed by atoms with Crippen molar-refractivity contribution in [3.05, 3.63) is 71.4 Å². The number of nitrogens with one attached hydrogen (secondary N) is 2. The van der Waals surface area contributed by atoms with E-state index in [2.05, 4.69) is 27.0 Å². The zero-order valence-corrected chi connectivity index (χ0v) is 16.7. The Hall–Kier alpha value is -2.77. The van der Waals surface area contributed by atoms with E-state index in [1.54, 1.807) is 18.0 Å². The van der Waals surface area contributed by atoms with E-state index < -0.39 is 0 Å². The molecule has 0 aromatic carbocycles. The Labute approximate surface area is 169 Å². The number of rotatable bonds is 10. The molecule has 0 saturated carbocycles. The number of hydrogen-bond acceptors (Lipinski definition) is 6. The number of thioether (sulfide) groups is 1. The first-order chi connectivity index (χ1) is 13.7. The van der Waals surface area contributed by atoms with Crippen LogP contribution in [0.25, 0.3) is 0 Å². The van der Waals surface area contributed by atoms with Crippen LogP contribution in [0.4, 0.5) is 5.82 Å². The molecule has 0 aliphatic rings. The molecule has 3 rings (SSSR count). The van der Waals surface area contributed by atoms with E-state index in [4.69, 9.17) is 5.41 Å². The van der Waals surface area contributed by atoms with Gasteiger partial charge in [-0.3, -0.25) is 9.97 Å². The summed E-state index contributed by atoms with van der Waals surface area (Å²) in [5, 5.41) is 11.4. The molecule has 0 unspecified atom stereocenters. The SMILES string of the molecule is C=Nc1c(SCCc2ccccn2)c(C=N)c(CNCc2cccnc2)n1C. The van der Waals surface area contributed by atoms with Crippen molar-refractivity contribution in [2.75, 3.05) is 5.75 Å². The van der Waals surface area contributed by atoms with Gasteiger partial charge in [0.1, 0.15) is 5.82 Å². The normalized spacial score (nSPS) is 10.8. The van der Waals surface area contributed by atoms with Gasteiger partial charge in [-0.2, -0.15) is 0 Å². The Morgan fingerprint density at radius 2 is 2.14 bits per heavy atom. The van der Waals surface area contributed by atoms with Crippen molar-refractivity contribution in [1.82, 2.24) is 19.9 Å². The summed E-state index contributed by atoms with van der Waals surface area (Å²) in [5.74, 6) is 1.68. The van der Waals surface area contributed by atoms with Gasteiger partial charge in [0.15, 0.2) is 0 Å². The van der Waals surface area contributed by atoms with Gasteiger partial charge in [-0.05, 0) is 36.9 Å². The highest BCUT2D eigenvalue weighted by molar-refractivity contribution is 7.99. The summed E-state index contributed by atoms with van der Waals surface area (Å²) in [7, 11) is 1.97. The second-order valence-corrected chi connectivity index (χ2v) is 7.36. The van der Waals surface area contributed by atoms with E-state index in [0.717, 1.165) is 51.9 Å². The lowest BCUT2D eigenvalue weighted by atomic mass is 10.2. The molecule has 28 heavy (non-hydrogen) atoms. The molecule has 3 aromatic rings. The number of nitrogens with zero attached hydrogens (tertiary/aromatic N) is 4. The molecule has 6 nitrogen and oxygen atoms in total. The van der Waals surface area contributed by atoms with E-state index >= 15 is 0 Å². The lowest BCUT2D eigenvalue weighted by Gasteiger charge is -2.08. The average molecular weight is 393 g/mol. The lowest BCUT2D eigenvalue weighted by Crippen LogP contribution is -2.16. The van der Waals surface area contributed by atoms with Gasteiger partial charge in [-0.25, -0.2) is 4.99 Å². The van der Waals surface area contributed by atoms with Crippen molar-refractivity contribution in [3.8, 4) is 0 Å². The minimum Gasteiger partial charge on any atom is -0.330 e. The average Bonchev–Trinajstić information content (AvgIpc) is 3.00. The summed E-state index contributed by atoms with van der Waals surface area (Å²) in [5.41, 5.74) is 4.12. The lowest BCUT2D eigenvalue weighted by molar-refractivity contribution is 0.654. The highest BCUT2D eigenvalue weighted by Crippen LogP contribution is 2.36. The Bertz CT molecular complexity index is 921. The molecule has 7 heteroatoms. The van der Waals surface area contributed by atoms with Gasteiger partial charge in [0.2, 0.25) is 0 Å². The van der Waals surface area contributed by atoms with Crippen LogP contribution in [0.5, 0.6) is 0 Å². The maximum Gasteiger partial charge on any atom is 0.146 e. The van der Waals surface area contributed by atoms with Gasteiger partial charge < -0.3 is 15.3 Å². The quantitative estimate of drug-likeness (QED) is 0.407. The van der Waals surface area contributed by atoms with Crippen LogP contribution >= 0.6 is 11.8 Å². The van der Waals surface area contributed by atoms with Crippen LogP contribution in [0.2, 0.25) is 0 Å². The summed E-state index contributed by atoms with van der Waals surface area (Å²) < 4.78 is 2.02. The molecule has 0 fully saturated rings. The molecule has 0 aliphatic heterocycles. The maximum absolute atomic E-state index is 7.95. The minimum atomic E-state index is 0.638. The maximum atomic E-state index is 7.95. The van der Waals surface area contributed by atoms with Crippen molar-refractivity contribution in [2.24, 2.45) is 12.0 Å². The molecule has 0 spiro atoms. The number of hydrogen-bond donors (Lipinski definition) is 2. The fraction of sp³-hybridized carbons (Fsp3) is 0.238. The van der Waals surface area contributed by atoms with Crippen molar-refractivity contribution in [2.45, 2.75) is 24.4 Å². The molecular weight excluding hydrogens is 368 g/mol. The molecule has 144 valence electrons. The summed E-state index contributed by atoms with van der Waals surface area (Å²) >= 11 is 1.70. The van der Waals surface area contributed by atoms with E-state index in [1.165, 1.54) is 6.21 Å². The number of aryl methyl sites for hydroxylation is 1. The van der Waals surface area contributed by atoms with E-state index in [-0.39, 0.29) is 0 Å². The molecular formula is C21H24N6S. The van der Waals surface area contributed by atoms with E-state index in [0.29, 0.717) is 6.54 Å². The van der Waals surface area contributed by atoms with Crippen molar-refractivity contribution >= 4 is 30.5 Å². The summed E-state index contributed by atoms with van der Waals surface area (Å²) in [6, 6.07) is 9.92. The highest BCUT2D eigenvalue weighted by Gasteiger charge is 2.19. The van der Waals surface area contributed by atoms with Gasteiger partial charge >= 0.3 is 0 Å². The molecule has 0 radical (unpaired) electrons. The molecule has 2 N–H and O–H groups in total. The summed E-state index contributed by atoms with van der Waals surface area (Å²) in [4.78, 5) is 13.7. The highest BCUT2D eigenvalue weighted by atomic mass is 32.2. The van der Waals surface area contributed by atoms with Crippen LogP contribution in [0.1, 0.15) is 22.5 Å². The third kappa shape index (κ3) is 4.74. The number of pyridine rings is 2. The zero-order chi connectivity index (χ0) is 19.8. The van der Waals surface area contributed by atoms with Crippen molar-refractivity contribution < 1.29 is 0 Å². The van der Waals surface area contributed by atoms with Crippen LogP contribution in [0, 0.1) is 5.41 Å². The van der Waals surface area contributed by atoms with Gasteiger partial charge in [0, 0.05) is 67.6 Å². The fourth-order valence-corrected chi connectivity index (χ4v) is 4.20. The molecule has 0 amide bonds. The van der Waals surface area contributed by atoms with Crippen LogP contribution < -0.4 is 5.32 Å². The fourth-order valence-electron chi connectivity index (χ4n) is 3.03. The molecule has 0 aliphatic carbocycles. The Kier molecular flexibility index (Phi) is 7.11. The Balaban J connectivity index is 1.71. The van der Waals surface area contributed by atoms with Gasteiger partial charge in [-0.15, -0.1) is 11.8 Å². The van der Waals surface area contributed by atoms with Crippen LogP contribution in [0.3, 0.4) is 0 Å². The standard InChI is InChI=1S/C21H24N6S/c1-23-21-20(28-11-8-17-7-3-4-10-26-17)18(12-22)19(27(21)2)15-25-14-16-6-5-9-24-13-16/h3-7,9-10,12-13,22,25H,1,8,11,14-15H2,2H3. The van der Waals surface area contributed by atoms with E-state index in [1.807, 2.05) is 54.3 Å². The van der Waals surface area contributed by atoms with Crippen molar-refractivity contribution in [3.63, 3.8) is 0 Å². The largest absolute Gasteiger partial charge is 0.330 e. The molecule has 0 bridgehead atoms. The van der Waals surface area contributed by atoms with Crippen molar-refractivity contribution in [1.29, 1.82) is 5.41 Å². The van der Waals surface area contributed by atoms with Gasteiger partial charge in [0.05, 0.1) is 4.90 Å². The second-order valence-electron chi connectivity index (χ2n) is 6.26. The first-order valence-corrected chi connectivity index (χ1v) is 10.0. The first-order valence-electron chi connectivity index (χ1n) is 9.05. The molecule has 3 aromatic heterocycles. The van der Waals surface area contributed by atoms with Gasteiger partial charge in [-0.1, -0.05) is 12.1 Å². The molecule has 3 heterocycles. The van der Waals surface area contributed by atoms with Crippen LogP contribution in [0.15, 0.2) is 58.8 Å². The monoisotopic (exact) mass is 392 g/mol. The predicted molar refractivity (Wildman–Crippen MR) is 116 cm³/mol. The molecule has 0 saturated heterocycles. The molecule has 0 atom stereocenters. The zero-order valence-electron chi connectivity index (χ0n) is 15.9. The van der Waals surface area contributed by atoms with E-state index in [9.17, 15) is 0 Å². The number of aliphatic imine (C=N–C) groups is 1. The number of aromatic nitrogens is 3. The smallest absolute Gasteiger partial charge is 0.146 e. The minimum absolute atomic E-state index is 0.638. The third-order valence-corrected chi connectivity index (χ3v) is 5.55. The predicted octanol–water partition coefficient (Wildman–Crippen LogP) is 3.77. The second kappa shape index (κ2) is 9.96. The van der Waals surface area contributed by atoms with Gasteiger partial charge in [0.25, 0.3) is 0 Å². The Morgan fingerprint density at radius 3 is 2.82 bits per heavy atom. The van der Waals surface area contributed by atoms with Crippen LogP contribution in [-0.4, -0.2) is 33.2 Å². The third-order valence-electron chi connectivity index (χ3n) is 4.45. The topological polar surface area (TPSA) is 79.0 Å². The summed E-state index contributed by atoms with van der Waals surface area (Å²) in [6.45, 7) is 5.09. The van der Waals surface area contributed by atoms with Crippen LogP contribution in [-0.2, 0) is 26.6 Å². The summed E-state index contributed by atoms with van der Waals surface area (Å²) in [6.07, 6.45) is 7.71. The Morgan fingerprint density at radius 1 is 1.25 bits per heavy atom.